The minimum atomic E-state index is -0.545. The first-order valence-corrected chi connectivity index (χ1v) is 7.46. The van der Waals surface area contributed by atoms with Crippen LogP contribution in [0.25, 0.3) is 0 Å². The summed E-state index contributed by atoms with van der Waals surface area (Å²) in [5.74, 6) is -1.14. The monoisotopic (exact) mass is 320 g/mol. The largest absolute Gasteiger partial charge is 0.456 e. The van der Waals surface area contributed by atoms with Gasteiger partial charge in [-0.15, -0.1) is 0 Å². The second-order valence-corrected chi connectivity index (χ2v) is 6.33. The van der Waals surface area contributed by atoms with Crippen LogP contribution < -0.4 is 10.6 Å². The summed E-state index contributed by atoms with van der Waals surface area (Å²) in [6, 6.07) is 8.66. The van der Waals surface area contributed by atoms with Crippen molar-refractivity contribution in [3.63, 3.8) is 0 Å². The molecule has 0 aromatic heterocycles. The van der Waals surface area contributed by atoms with Crippen LogP contribution in [0, 0.1) is 0 Å². The van der Waals surface area contributed by atoms with Gasteiger partial charge in [-0.2, -0.15) is 0 Å². The molecule has 1 aromatic carbocycles. The van der Waals surface area contributed by atoms with E-state index in [2.05, 4.69) is 10.6 Å². The number of esters is 1. The first-order valence-electron chi connectivity index (χ1n) is 7.46. The first-order chi connectivity index (χ1) is 10.7. The summed E-state index contributed by atoms with van der Waals surface area (Å²) < 4.78 is 4.98. The fourth-order valence-corrected chi connectivity index (χ4v) is 2.01. The standard InChI is InChI=1S/C17H24N2O4/c1-12(20)18-14(13-8-6-5-7-9-13)10-16(22)23-11-15(21)19-17(2,3)4/h5-9,14H,10-11H2,1-4H3,(H,18,20)(H,19,21)/t14-/m1/s1. The zero-order valence-corrected chi connectivity index (χ0v) is 14.0. The topological polar surface area (TPSA) is 84.5 Å². The molecule has 0 saturated carbocycles. The Bertz CT molecular complexity index is 549. The number of hydrogen-bond donors (Lipinski definition) is 2. The van der Waals surface area contributed by atoms with Crippen LogP contribution in [-0.4, -0.2) is 29.9 Å². The number of ether oxygens (including phenoxy) is 1. The highest BCUT2D eigenvalue weighted by molar-refractivity contribution is 5.81. The van der Waals surface area contributed by atoms with Crippen LogP contribution in [0.15, 0.2) is 30.3 Å². The summed E-state index contributed by atoms with van der Waals surface area (Å²) in [5.41, 5.74) is 0.422. The molecule has 1 aromatic rings. The minimum Gasteiger partial charge on any atom is -0.456 e. The number of carbonyl (C=O) groups excluding carboxylic acids is 3. The third-order valence-corrected chi connectivity index (χ3v) is 2.83. The van der Waals surface area contributed by atoms with Crippen molar-refractivity contribution in [2.45, 2.75) is 45.7 Å². The Balaban J connectivity index is 2.57. The summed E-state index contributed by atoms with van der Waals surface area (Å²) in [7, 11) is 0. The summed E-state index contributed by atoms with van der Waals surface area (Å²) >= 11 is 0. The second kappa shape index (κ2) is 8.31. The van der Waals surface area contributed by atoms with Crippen molar-refractivity contribution in [1.82, 2.24) is 10.6 Å². The van der Waals surface area contributed by atoms with Gasteiger partial charge in [0.2, 0.25) is 5.91 Å². The lowest BCUT2D eigenvalue weighted by molar-refractivity contribution is -0.149. The van der Waals surface area contributed by atoms with Gasteiger partial charge in [0.15, 0.2) is 6.61 Å². The number of hydrogen-bond acceptors (Lipinski definition) is 4. The molecule has 6 nitrogen and oxygen atoms in total. The average molecular weight is 320 g/mol. The van der Waals surface area contributed by atoms with Gasteiger partial charge in [0.25, 0.3) is 5.91 Å². The smallest absolute Gasteiger partial charge is 0.308 e. The van der Waals surface area contributed by atoms with E-state index in [4.69, 9.17) is 4.74 Å². The molecule has 1 rings (SSSR count). The van der Waals surface area contributed by atoms with Gasteiger partial charge in [0.1, 0.15) is 0 Å². The van der Waals surface area contributed by atoms with E-state index in [1.165, 1.54) is 6.92 Å². The summed E-state index contributed by atoms with van der Waals surface area (Å²) in [5, 5.41) is 5.42. The fraction of sp³-hybridized carbons (Fsp3) is 0.471. The maximum absolute atomic E-state index is 11.9. The van der Waals surface area contributed by atoms with E-state index in [-0.39, 0.29) is 30.4 Å². The summed E-state index contributed by atoms with van der Waals surface area (Å²) in [6.45, 7) is 6.58. The zero-order valence-electron chi connectivity index (χ0n) is 14.0. The molecule has 0 saturated heterocycles. The molecule has 2 amide bonds. The lowest BCUT2D eigenvalue weighted by atomic mass is 10.0. The van der Waals surface area contributed by atoms with Gasteiger partial charge in [-0.3, -0.25) is 14.4 Å². The van der Waals surface area contributed by atoms with Crippen LogP contribution in [0.3, 0.4) is 0 Å². The Kier molecular flexibility index (Phi) is 6.75. The molecule has 0 bridgehead atoms. The minimum absolute atomic E-state index is 0.0353. The van der Waals surface area contributed by atoms with Crippen molar-refractivity contribution in [1.29, 1.82) is 0 Å². The average Bonchev–Trinajstić information content (AvgIpc) is 2.43. The van der Waals surface area contributed by atoms with Crippen molar-refractivity contribution in [3.8, 4) is 0 Å². The van der Waals surface area contributed by atoms with Gasteiger partial charge in [0, 0.05) is 12.5 Å². The first kappa shape index (κ1) is 18.7. The molecule has 0 radical (unpaired) electrons. The molecular formula is C17H24N2O4. The molecule has 1 atom stereocenters. The molecule has 0 aliphatic rings. The predicted molar refractivity (Wildman–Crippen MR) is 86.5 cm³/mol. The van der Waals surface area contributed by atoms with E-state index < -0.39 is 12.0 Å². The molecule has 0 fully saturated rings. The van der Waals surface area contributed by atoms with Crippen molar-refractivity contribution in [2.24, 2.45) is 0 Å². The SMILES string of the molecule is CC(=O)N[C@H](CC(=O)OCC(=O)NC(C)(C)C)c1ccccc1. The van der Waals surface area contributed by atoms with Gasteiger partial charge >= 0.3 is 5.97 Å². The van der Waals surface area contributed by atoms with Crippen molar-refractivity contribution < 1.29 is 19.1 Å². The van der Waals surface area contributed by atoms with Gasteiger partial charge in [-0.05, 0) is 26.3 Å². The van der Waals surface area contributed by atoms with Crippen LogP contribution >= 0.6 is 0 Å². The van der Waals surface area contributed by atoms with Gasteiger partial charge < -0.3 is 15.4 Å². The Hall–Kier alpha value is -2.37. The molecule has 0 aliphatic carbocycles. The van der Waals surface area contributed by atoms with E-state index in [1.54, 1.807) is 0 Å². The quantitative estimate of drug-likeness (QED) is 0.782. The molecule has 23 heavy (non-hydrogen) atoms. The van der Waals surface area contributed by atoms with E-state index in [0.717, 1.165) is 5.56 Å². The molecule has 2 N–H and O–H groups in total. The third-order valence-electron chi connectivity index (χ3n) is 2.83. The maximum atomic E-state index is 11.9. The van der Waals surface area contributed by atoms with Crippen molar-refractivity contribution in [3.05, 3.63) is 35.9 Å². The lowest BCUT2D eigenvalue weighted by Crippen LogP contribution is -2.42. The third kappa shape index (κ3) is 7.99. The van der Waals surface area contributed by atoms with Crippen LogP contribution in [0.2, 0.25) is 0 Å². The Morgan fingerprint density at radius 2 is 1.74 bits per heavy atom. The normalized spacial score (nSPS) is 12.2. The highest BCUT2D eigenvalue weighted by Gasteiger charge is 2.20. The van der Waals surface area contributed by atoms with Gasteiger partial charge in [0.05, 0.1) is 12.5 Å². The Labute approximate surface area is 136 Å². The van der Waals surface area contributed by atoms with Crippen molar-refractivity contribution in [2.75, 3.05) is 6.61 Å². The van der Waals surface area contributed by atoms with E-state index in [0.29, 0.717) is 0 Å². The maximum Gasteiger partial charge on any atom is 0.308 e. The second-order valence-electron chi connectivity index (χ2n) is 6.33. The van der Waals surface area contributed by atoms with E-state index in [9.17, 15) is 14.4 Å². The highest BCUT2D eigenvalue weighted by Crippen LogP contribution is 2.17. The number of rotatable bonds is 6. The van der Waals surface area contributed by atoms with Crippen LogP contribution in [0.5, 0.6) is 0 Å². The number of carbonyl (C=O) groups is 3. The number of nitrogens with one attached hydrogen (secondary N) is 2. The van der Waals surface area contributed by atoms with E-state index in [1.807, 2.05) is 51.1 Å². The van der Waals surface area contributed by atoms with Crippen LogP contribution in [-0.2, 0) is 19.1 Å². The lowest BCUT2D eigenvalue weighted by Gasteiger charge is -2.21. The molecule has 6 heteroatoms. The highest BCUT2D eigenvalue weighted by atomic mass is 16.5. The molecule has 0 unspecified atom stereocenters. The molecule has 0 aliphatic heterocycles. The Morgan fingerprint density at radius 3 is 2.26 bits per heavy atom. The molecular weight excluding hydrogens is 296 g/mol. The molecule has 0 spiro atoms. The zero-order chi connectivity index (χ0) is 17.5. The van der Waals surface area contributed by atoms with Gasteiger partial charge in [-0.1, -0.05) is 30.3 Å². The summed E-state index contributed by atoms with van der Waals surface area (Å²) in [6.07, 6.45) is -0.0353. The molecule has 126 valence electrons. The van der Waals surface area contributed by atoms with Gasteiger partial charge in [-0.25, -0.2) is 0 Å². The fourth-order valence-electron chi connectivity index (χ4n) is 2.01. The number of amides is 2. The van der Waals surface area contributed by atoms with Crippen molar-refractivity contribution >= 4 is 17.8 Å². The van der Waals surface area contributed by atoms with E-state index >= 15 is 0 Å². The predicted octanol–water partition coefficient (Wildman–Crippen LogP) is 1.71. The summed E-state index contributed by atoms with van der Waals surface area (Å²) in [4.78, 5) is 34.9. The number of benzene rings is 1. The molecule has 0 heterocycles. The van der Waals surface area contributed by atoms with Crippen LogP contribution in [0.4, 0.5) is 0 Å². The Morgan fingerprint density at radius 1 is 1.13 bits per heavy atom. The van der Waals surface area contributed by atoms with Crippen LogP contribution in [0.1, 0.15) is 45.7 Å².